The third-order valence-corrected chi connectivity index (χ3v) is 3.79. The zero-order chi connectivity index (χ0) is 13.3. The molecule has 5 heteroatoms. The van der Waals surface area contributed by atoms with Gasteiger partial charge in [-0.1, -0.05) is 31.5 Å². The van der Waals surface area contributed by atoms with Crippen LogP contribution >= 0.6 is 22.9 Å². The normalized spacial score (nSPS) is 11.2. The van der Waals surface area contributed by atoms with Crippen molar-refractivity contribution in [2.75, 3.05) is 5.73 Å². The second-order valence-electron chi connectivity index (χ2n) is 4.43. The van der Waals surface area contributed by atoms with Gasteiger partial charge >= 0.3 is 0 Å². The van der Waals surface area contributed by atoms with Crippen molar-refractivity contribution >= 4 is 28.1 Å². The number of nitrogen functional groups attached to an aromatic ring is 1. The highest BCUT2D eigenvalue weighted by Gasteiger charge is 2.15. The smallest absolute Gasteiger partial charge is 0.180 e. The lowest BCUT2D eigenvalue weighted by Gasteiger charge is -2.06. The first-order valence-corrected chi connectivity index (χ1v) is 6.86. The summed E-state index contributed by atoms with van der Waals surface area (Å²) < 4.78 is 13.7. The Morgan fingerprint density at radius 3 is 2.78 bits per heavy atom. The summed E-state index contributed by atoms with van der Waals surface area (Å²) in [5.74, 6) is -0.00640. The van der Waals surface area contributed by atoms with Gasteiger partial charge in [-0.25, -0.2) is 9.37 Å². The maximum absolute atomic E-state index is 13.7. The molecule has 0 aliphatic rings. The van der Waals surface area contributed by atoms with Gasteiger partial charge in [0.05, 0.1) is 5.69 Å². The molecule has 0 bridgehead atoms. The molecular formula is C13H14ClFN2S. The minimum absolute atomic E-state index is 0.281. The topological polar surface area (TPSA) is 38.9 Å². The summed E-state index contributed by atoms with van der Waals surface area (Å²) in [6, 6.07) is 4.73. The van der Waals surface area contributed by atoms with E-state index in [1.807, 2.05) is 0 Å². The Balaban J connectivity index is 2.33. The molecule has 0 fully saturated rings. The molecule has 0 saturated heterocycles. The summed E-state index contributed by atoms with van der Waals surface area (Å²) in [5.41, 5.74) is 7.29. The summed E-state index contributed by atoms with van der Waals surface area (Å²) in [6.07, 6.45) is 0.505. The van der Waals surface area contributed by atoms with Gasteiger partial charge in [0.2, 0.25) is 0 Å². The molecule has 0 amide bonds. The van der Waals surface area contributed by atoms with Crippen molar-refractivity contribution in [2.24, 2.45) is 0 Å². The predicted octanol–water partition coefficient (Wildman–Crippen LogP) is 4.23. The summed E-state index contributed by atoms with van der Waals surface area (Å²) in [6.45, 7) is 4.10. The molecule has 0 aliphatic heterocycles. The van der Waals surface area contributed by atoms with Crippen LogP contribution in [0.15, 0.2) is 18.2 Å². The molecule has 0 aliphatic carbocycles. The number of hydrogen-bond donors (Lipinski definition) is 1. The van der Waals surface area contributed by atoms with Crippen LogP contribution in [0.3, 0.4) is 0 Å². The Labute approximate surface area is 115 Å². The molecule has 96 valence electrons. The standard InChI is InChI=1S/C13H14ClFN2S/c1-7(2)12-11(18-13(16)17-12)5-8-3-4-9(14)6-10(8)15/h3-4,6-7H,5H2,1-2H3,(H2,16,17). The minimum atomic E-state index is -0.288. The molecule has 1 heterocycles. The molecule has 0 spiro atoms. The molecule has 1 aromatic carbocycles. The van der Waals surface area contributed by atoms with Crippen LogP contribution in [0.4, 0.5) is 9.52 Å². The number of aromatic nitrogens is 1. The number of nitrogens with zero attached hydrogens (tertiary/aromatic N) is 1. The molecule has 2 nitrogen and oxygen atoms in total. The van der Waals surface area contributed by atoms with Gasteiger partial charge in [-0.3, -0.25) is 0 Å². The van der Waals surface area contributed by atoms with E-state index in [0.717, 1.165) is 10.6 Å². The number of anilines is 1. The summed E-state index contributed by atoms with van der Waals surface area (Å²) in [5, 5.41) is 0.937. The van der Waals surface area contributed by atoms with Crippen LogP contribution in [-0.2, 0) is 6.42 Å². The third kappa shape index (κ3) is 2.82. The molecule has 1 aromatic heterocycles. The van der Waals surface area contributed by atoms with Crippen LogP contribution in [-0.4, -0.2) is 4.98 Å². The Morgan fingerprint density at radius 1 is 1.44 bits per heavy atom. The number of thiazole rings is 1. The van der Waals surface area contributed by atoms with Crippen LogP contribution in [0.5, 0.6) is 0 Å². The fourth-order valence-corrected chi connectivity index (χ4v) is 2.97. The fraction of sp³-hybridized carbons (Fsp3) is 0.308. The molecular weight excluding hydrogens is 271 g/mol. The molecule has 2 rings (SSSR count). The first-order chi connectivity index (χ1) is 8.47. The van der Waals surface area contributed by atoms with Crippen molar-refractivity contribution in [2.45, 2.75) is 26.2 Å². The first-order valence-electron chi connectivity index (χ1n) is 5.66. The fourth-order valence-electron chi connectivity index (χ4n) is 1.80. The van der Waals surface area contributed by atoms with Crippen LogP contribution in [0.2, 0.25) is 5.02 Å². The first kappa shape index (κ1) is 13.3. The average molecular weight is 285 g/mol. The minimum Gasteiger partial charge on any atom is -0.375 e. The van der Waals surface area contributed by atoms with Gasteiger partial charge in [-0.15, -0.1) is 11.3 Å². The Bertz CT molecular complexity index is 566. The number of rotatable bonds is 3. The van der Waals surface area contributed by atoms with E-state index in [9.17, 15) is 4.39 Å². The van der Waals surface area contributed by atoms with Crippen LogP contribution in [0, 0.1) is 5.82 Å². The second-order valence-corrected chi connectivity index (χ2v) is 5.98. The monoisotopic (exact) mass is 284 g/mol. The van der Waals surface area contributed by atoms with Crippen molar-refractivity contribution in [3.05, 3.63) is 45.2 Å². The number of nitrogens with two attached hydrogens (primary N) is 1. The highest BCUT2D eigenvalue weighted by molar-refractivity contribution is 7.15. The van der Waals surface area contributed by atoms with E-state index in [4.69, 9.17) is 17.3 Å². The van der Waals surface area contributed by atoms with Gasteiger partial charge in [0.1, 0.15) is 5.82 Å². The number of hydrogen-bond acceptors (Lipinski definition) is 3. The molecule has 2 aromatic rings. The van der Waals surface area contributed by atoms with Gasteiger partial charge in [0, 0.05) is 16.3 Å². The van der Waals surface area contributed by atoms with E-state index < -0.39 is 0 Å². The van der Waals surface area contributed by atoms with E-state index in [2.05, 4.69) is 18.8 Å². The molecule has 0 atom stereocenters. The van der Waals surface area contributed by atoms with E-state index in [1.54, 1.807) is 12.1 Å². The Morgan fingerprint density at radius 2 is 2.17 bits per heavy atom. The van der Waals surface area contributed by atoms with E-state index in [-0.39, 0.29) is 11.7 Å². The number of halogens is 2. The second kappa shape index (κ2) is 5.24. The lowest BCUT2D eigenvalue weighted by atomic mass is 10.0. The number of benzene rings is 1. The molecule has 0 radical (unpaired) electrons. The Hall–Kier alpha value is -1.13. The van der Waals surface area contributed by atoms with E-state index in [0.29, 0.717) is 22.1 Å². The summed E-state index contributed by atoms with van der Waals surface area (Å²) >= 11 is 7.15. The zero-order valence-electron chi connectivity index (χ0n) is 10.2. The lowest BCUT2D eigenvalue weighted by Crippen LogP contribution is -1.97. The maximum Gasteiger partial charge on any atom is 0.180 e. The van der Waals surface area contributed by atoms with Crippen LogP contribution < -0.4 is 5.73 Å². The van der Waals surface area contributed by atoms with Crippen LogP contribution in [0.25, 0.3) is 0 Å². The zero-order valence-corrected chi connectivity index (χ0v) is 11.8. The SMILES string of the molecule is CC(C)c1nc(N)sc1Cc1ccc(Cl)cc1F. The highest BCUT2D eigenvalue weighted by Crippen LogP contribution is 2.29. The van der Waals surface area contributed by atoms with Gasteiger partial charge in [0.25, 0.3) is 0 Å². The van der Waals surface area contributed by atoms with Crippen molar-refractivity contribution < 1.29 is 4.39 Å². The maximum atomic E-state index is 13.7. The predicted molar refractivity (Wildman–Crippen MR) is 74.8 cm³/mol. The van der Waals surface area contributed by atoms with E-state index in [1.165, 1.54) is 17.4 Å². The van der Waals surface area contributed by atoms with Gasteiger partial charge in [-0.2, -0.15) is 0 Å². The molecule has 18 heavy (non-hydrogen) atoms. The Kier molecular flexibility index (Phi) is 3.88. The summed E-state index contributed by atoms with van der Waals surface area (Å²) in [7, 11) is 0. The summed E-state index contributed by atoms with van der Waals surface area (Å²) in [4.78, 5) is 5.32. The lowest BCUT2D eigenvalue weighted by molar-refractivity contribution is 0.614. The van der Waals surface area contributed by atoms with Crippen molar-refractivity contribution in [1.29, 1.82) is 0 Å². The van der Waals surface area contributed by atoms with Gasteiger partial charge in [-0.05, 0) is 23.6 Å². The molecule has 2 N–H and O–H groups in total. The van der Waals surface area contributed by atoms with Gasteiger partial charge in [0.15, 0.2) is 5.13 Å². The molecule has 0 saturated carbocycles. The van der Waals surface area contributed by atoms with Crippen molar-refractivity contribution in [3.8, 4) is 0 Å². The molecule has 0 unspecified atom stereocenters. The highest BCUT2D eigenvalue weighted by atomic mass is 35.5. The average Bonchev–Trinajstić information content (AvgIpc) is 2.64. The van der Waals surface area contributed by atoms with E-state index >= 15 is 0 Å². The van der Waals surface area contributed by atoms with Crippen molar-refractivity contribution in [1.82, 2.24) is 4.98 Å². The van der Waals surface area contributed by atoms with Crippen molar-refractivity contribution in [3.63, 3.8) is 0 Å². The largest absolute Gasteiger partial charge is 0.375 e. The van der Waals surface area contributed by atoms with Gasteiger partial charge < -0.3 is 5.73 Å². The quantitative estimate of drug-likeness (QED) is 0.916. The third-order valence-electron chi connectivity index (χ3n) is 2.66. The van der Waals surface area contributed by atoms with Crippen LogP contribution in [0.1, 0.15) is 35.9 Å².